The summed E-state index contributed by atoms with van der Waals surface area (Å²) in [6.07, 6.45) is 0.861. The summed E-state index contributed by atoms with van der Waals surface area (Å²) in [5, 5.41) is 19.4. The number of carbonyl (C=O) groups is 1. The van der Waals surface area contributed by atoms with E-state index in [4.69, 9.17) is 9.47 Å². The lowest BCUT2D eigenvalue weighted by atomic mass is 10.1. The van der Waals surface area contributed by atoms with Crippen molar-refractivity contribution in [1.82, 2.24) is 0 Å². The van der Waals surface area contributed by atoms with Gasteiger partial charge in [0.25, 0.3) is 0 Å². The van der Waals surface area contributed by atoms with Crippen molar-refractivity contribution in [2.75, 3.05) is 7.11 Å². The topological polar surface area (TPSA) is 76.0 Å². The standard InChI is InChI=1S/C12H16O5/c1-4-5-10(14)17-12-8(13)6-9(16-3)7(2)11(12)15/h6,13,15H,4-5H2,1-3H3. The molecular weight excluding hydrogens is 224 g/mol. The smallest absolute Gasteiger partial charge is 0.311 e. The number of rotatable bonds is 4. The van der Waals surface area contributed by atoms with Gasteiger partial charge in [0.1, 0.15) is 5.75 Å². The molecule has 0 aliphatic carbocycles. The fourth-order valence-corrected chi connectivity index (χ4v) is 1.39. The highest BCUT2D eigenvalue weighted by Gasteiger charge is 2.18. The van der Waals surface area contributed by atoms with Crippen LogP contribution < -0.4 is 9.47 Å². The minimum atomic E-state index is -0.498. The predicted molar refractivity (Wildman–Crippen MR) is 61.6 cm³/mol. The maximum atomic E-state index is 11.3. The first-order valence-electron chi connectivity index (χ1n) is 5.31. The molecule has 94 valence electrons. The molecule has 5 heteroatoms. The fourth-order valence-electron chi connectivity index (χ4n) is 1.39. The molecule has 0 saturated heterocycles. The van der Waals surface area contributed by atoms with E-state index in [2.05, 4.69) is 0 Å². The highest BCUT2D eigenvalue weighted by molar-refractivity contribution is 5.75. The zero-order valence-corrected chi connectivity index (χ0v) is 10.1. The van der Waals surface area contributed by atoms with E-state index in [-0.39, 0.29) is 23.7 Å². The second-order valence-electron chi connectivity index (χ2n) is 3.62. The van der Waals surface area contributed by atoms with Crippen LogP contribution in [0.4, 0.5) is 0 Å². The zero-order valence-electron chi connectivity index (χ0n) is 10.1. The Bertz CT molecular complexity index is 425. The lowest BCUT2D eigenvalue weighted by Gasteiger charge is -2.12. The third kappa shape index (κ3) is 2.81. The molecule has 2 N–H and O–H groups in total. The number of hydrogen-bond donors (Lipinski definition) is 2. The van der Waals surface area contributed by atoms with E-state index in [0.717, 1.165) is 0 Å². The molecule has 0 unspecified atom stereocenters. The van der Waals surface area contributed by atoms with Crippen LogP contribution in [0, 0.1) is 6.92 Å². The molecule has 1 aromatic rings. The summed E-state index contributed by atoms with van der Waals surface area (Å²) in [6.45, 7) is 3.44. The van der Waals surface area contributed by atoms with Crippen LogP contribution in [0.2, 0.25) is 0 Å². The third-order valence-corrected chi connectivity index (χ3v) is 2.33. The van der Waals surface area contributed by atoms with Crippen LogP contribution in [0.5, 0.6) is 23.0 Å². The Labute approximate surface area is 99.6 Å². The average Bonchev–Trinajstić information content (AvgIpc) is 2.29. The Morgan fingerprint density at radius 1 is 1.41 bits per heavy atom. The number of ether oxygens (including phenoxy) is 2. The number of phenols is 2. The molecule has 0 amide bonds. The number of aromatic hydroxyl groups is 2. The van der Waals surface area contributed by atoms with E-state index in [1.54, 1.807) is 6.92 Å². The Morgan fingerprint density at radius 3 is 2.59 bits per heavy atom. The Kier molecular flexibility index (Phi) is 4.20. The Morgan fingerprint density at radius 2 is 2.06 bits per heavy atom. The summed E-state index contributed by atoms with van der Waals surface area (Å²) in [7, 11) is 1.42. The van der Waals surface area contributed by atoms with E-state index in [9.17, 15) is 15.0 Å². The summed E-state index contributed by atoms with van der Waals surface area (Å²) in [6, 6.07) is 1.30. The van der Waals surface area contributed by atoms with E-state index in [1.165, 1.54) is 13.2 Å². The molecule has 0 aliphatic heterocycles. The minimum Gasteiger partial charge on any atom is -0.504 e. The number of phenolic OH excluding ortho intramolecular Hbond substituents is 2. The number of methoxy groups -OCH3 is 1. The van der Waals surface area contributed by atoms with Gasteiger partial charge in [-0.15, -0.1) is 0 Å². The SMILES string of the molecule is CCCC(=O)Oc1c(O)cc(OC)c(C)c1O. The molecule has 0 saturated carbocycles. The van der Waals surface area contributed by atoms with Gasteiger partial charge in [-0.2, -0.15) is 0 Å². The van der Waals surface area contributed by atoms with E-state index in [1.807, 2.05) is 6.92 Å². The highest BCUT2D eigenvalue weighted by Crippen LogP contribution is 2.43. The normalized spacial score (nSPS) is 10.1. The van der Waals surface area contributed by atoms with Gasteiger partial charge in [-0.25, -0.2) is 0 Å². The summed E-state index contributed by atoms with van der Waals surface area (Å²) < 4.78 is 9.86. The van der Waals surface area contributed by atoms with Gasteiger partial charge < -0.3 is 19.7 Å². The molecule has 0 bridgehead atoms. The molecule has 17 heavy (non-hydrogen) atoms. The molecule has 0 atom stereocenters. The van der Waals surface area contributed by atoms with Crippen molar-refractivity contribution in [3.8, 4) is 23.0 Å². The second-order valence-corrected chi connectivity index (χ2v) is 3.62. The van der Waals surface area contributed by atoms with Crippen molar-refractivity contribution in [3.63, 3.8) is 0 Å². The molecule has 0 fully saturated rings. The number of benzene rings is 1. The number of carbonyl (C=O) groups excluding carboxylic acids is 1. The maximum Gasteiger partial charge on any atom is 0.311 e. The second kappa shape index (κ2) is 5.43. The lowest BCUT2D eigenvalue weighted by molar-refractivity contribution is -0.134. The number of esters is 1. The van der Waals surface area contributed by atoms with Crippen LogP contribution in [-0.2, 0) is 4.79 Å². The number of hydrogen-bond acceptors (Lipinski definition) is 5. The van der Waals surface area contributed by atoms with E-state index >= 15 is 0 Å². The highest BCUT2D eigenvalue weighted by atomic mass is 16.5. The average molecular weight is 240 g/mol. The van der Waals surface area contributed by atoms with Crippen molar-refractivity contribution in [2.24, 2.45) is 0 Å². The predicted octanol–water partition coefficient (Wildman–Crippen LogP) is 2.12. The van der Waals surface area contributed by atoms with Crippen LogP contribution in [0.1, 0.15) is 25.3 Å². The van der Waals surface area contributed by atoms with Gasteiger partial charge in [0.15, 0.2) is 11.5 Å². The molecule has 5 nitrogen and oxygen atoms in total. The van der Waals surface area contributed by atoms with Crippen molar-refractivity contribution in [2.45, 2.75) is 26.7 Å². The molecule has 1 rings (SSSR count). The molecule has 0 heterocycles. The van der Waals surface area contributed by atoms with Crippen LogP contribution in [0.25, 0.3) is 0 Å². The maximum absolute atomic E-state index is 11.3. The van der Waals surface area contributed by atoms with Gasteiger partial charge in [-0.3, -0.25) is 4.79 Å². The van der Waals surface area contributed by atoms with Crippen molar-refractivity contribution in [1.29, 1.82) is 0 Å². The Hall–Kier alpha value is -1.91. The quantitative estimate of drug-likeness (QED) is 0.622. The minimum absolute atomic E-state index is 0.221. The molecule has 0 aliphatic rings. The van der Waals surface area contributed by atoms with Gasteiger partial charge in [-0.1, -0.05) is 6.92 Å². The van der Waals surface area contributed by atoms with Crippen LogP contribution >= 0.6 is 0 Å². The first-order chi connectivity index (χ1) is 8.01. The summed E-state index contributed by atoms with van der Waals surface area (Å²) >= 11 is 0. The van der Waals surface area contributed by atoms with Crippen molar-refractivity contribution >= 4 is 5.97 Å². The summed E-state index contributed by atoms with van der Waals surface area (Å²) in [5.41, 5.74) is 0.407. The van der Waals surface area contributed by atoms with Gasteiger partial charge in [-0.05, 0) is 13.3 Å². The van der Waals surface area contributed by atoms with E-state index in [0.29, 0.717) is 17.7 Å². The lowest BCUT2D eigenvalue weighted by Crippen LogP contribution is -2.07. The van der Waals surface area contributed by atoms with Crippen molar-refractivity contribution in [3.05, 3.63) is 11.6 Å². The van der Waals surface area contributed by atoms with Crippen molar-refractivity contribution < 1.29 is 24.5 Å². The molecule has 0 spiro atoms. The molecule has 0 aromatic heterocycles. The van der Waals surface area contributed by atoms with Crippen LogP contribution in [0.3, 0.4) is 0 Å². The molecule has 1 aromatic carbocycles. The zero-order chi connectivity index (χ0) is 13.0. The first kappa shape index (κ1) is 13.2. The Balaban J connectivity index is 3.08. The van der Waals surface area contributed by atoms with E-state index < -0.39 is 5.97 Å². The molecule has 0 radical (unpaired) electrons. The monoisotopic (exact) mass is 240 g/mol. The van der Waals surface area contributed by atoms with Gasteiger partial charge in [0.05, 0.1) is 7.11 Å². The molecular formula is C12H16O5. The van der Waals surface area contributed by atoms with Gasteiger partial charge >= 0.3 is 5.97 Å². The van der Waals surface area contributed by atoms with Crippen LogP contribution in [0.15, 0.2) is 6.07 Å². The van der Waals surface area contributed by atoms with Gasteiger partial charge in [0.2, 0.25) is 5.75 Å². The largest absolute Gasteiger partial charge is 0.504 e. The van der Waals surface area contributed by atoms with Gasteiger partial charge in [0, 0.05) is 18.1 Å². The summed E-state index contributed by atoms with van der Waals surface area (Å²) in [5.74, 6) is -1.000. The fraction of sp³-hybridized carbons (Fsp3) is 0.417. The first-order valence-corrected chi connectivity index (χ1v) is 5.31. The summed E-state index contributed by atoms with van der Waals surface area (Å²) in [4.78, 5) is 11.3. The third-order valence-electron chi connectivity index (χ3n) is 2.33. The van der Waals surface area contributed by atoms with Crippen LogP contribution in [-0.4, -0.2) is 23.3 Å².